The van der Waals surface area contributed by atoms with Crippen molar-refractivity contribution in [3.8, 4) is 11.1 Å². The Balaban J connectivity index is 1.75. The molecule has 1 aliphatic carbocycles. The third-order valence-corrected chi connectivity index (χ3v) is 5.47. The molecule has 1 atom stereocenters. The van der Waals surface area contributed by atoms with E-state index in [4.69, 9.17) is 21.1 Å². The number of rotatable bonds is 8. The zero-order valence-electron chi connectivity index (χ0n) is 16.8. The standard InChI is InChI=1S/C23H26ClNO4/c1-3-28-22(26)16(2)25(14-8-13-24)23(27)29-15-21-19-11-6-4-9-17(19)18-10-5-7-12-20(18)21/h4-7,9-12,16,21H,3,8,13-15H2,1-2H3/t16-/m0/s1. The van der Waals surface area contributed by atoms with E-state index in [1.54, 1.807) is 13.8 Å². The minimum Gasteiger partial charge on any atom is -0.464 e. The Kier molecular flexibility index (Phi) is 7.15. The Morgan fingerprint density at radius 1 is 1.03 bits per heavy atom. The number of benzene rings is 2. The quantitative estimate of drug-likeness (QED) is 0.458. The molecule has 0 saturated carbocycles. The molecule has 0 heterocycles. The molecular formula is C23H26ClNO4. The molecule has 0 fully saturated rings. The first-order valence-electron chi connectivity index (χ1n) is 9.92. The molecule has 1 aliphatic rings. The van der Waals surface area contributed by atoms with Crippen LogP contribution in [0.15, 0.2) is 48.5 Å². The van der Waals surface area contributed by atoms with Crippen LogP contribution in [0, 0.1) is 0 Å². The van der Waals surface area contributed by atoms with Crippen LogP contribution in [0.4, 0.5) is 4.79 Å². The molecule has 6 heteroatoms. The number of amides is 1. The summed E-state index contributed by atoms with van der Waals surface area (Å²) in [6.45, 7) is 4.19. The summed E-state index contributed by atoms with van der Waals surface area (Å²) in [5.41, 5.74) is 4.63. The van der Waals surface area contributed by atoms with Crippen LogP contribution in [0.3, 0.4) is 0 Å². The maximum Gasteiger partial charge on any atom is 0.410 e. The average Bonchev–Trinajstić information content (AvgIpc) is 3.06. The minimum absolute atomic E-state index is 0.0286. The fourth-order valence-electron chi connectivity index (χ4n) is 3.74. The van der Waals surface area contributed by atoms with Crippen LogP contribution in [0.5, 0.6) is 0 Å². The van der Waals surface area contributed by atoms with Crippen LogP contribution < -0.4 is 0 Å². The second-order valence-electron chi connectivity index (χ2n) is 6.97. The maximum atomic E-state index is 12.8. The maximum absolute atomic E-state index is 12.8. The molecule has 1 amide bonds. The third kappa shape index (κ3) is 4.56. The van der Waals surface area contributed by atoms with Crippen molar-refractivity contribution < 1.29 is 19.1 Å². The van der Waals surface area contributed by atoms with Crippen molar-refractivity contribution in [3.05, 3.63) is 59.7 Å². The van der Waals surface area contributed by atoms with Gasteiger partial charge in [0.2, 0.25) is 0 Å². The van der Waals surface area contributed by atoms with Gasteiger partial charge in [-0.2, -0.15) is 0 Å². The minimum atomic E-state index is -0.728. The predicted molar refractivity (Wildman–Crippen MR) is 113 cm³/mol. The average molecular weight is 416 g/mol. The van der Waals surface area contributed by atoms with Gasteiger partial charge in [0.25, 0.3) is 0 Å². The van der Waals surface area contributed by atoms with E-state index in [1.165, 1.54) is 16.0 Å². The second-order valence-corrected chi connectivity index (χ2v) is 7.35. The van der Waals surface area contributed by atoms with E-state index in [-0.39, 0.29) is 19.1 Å². The molecule has 0 saturated heterocycles. The van der Waals surface area contributed by atoms with E-state index >= 15 is 0 Å². The van der Waals surface area contributed by atoms with Crippen LogP contribution in [0.1, 0.15) is 37.3 Å². The molecule has 0 radical (unpaired) electrons. The monoisotopic (exact) mass is 415 g/mol. The van der Waals surface area contributed by atoms with Gasteiger partial charge in [-0.1, -0.05) is 48.5 Å². The topological polar surface area (TPSA) is 55.8 Å². The number of ether oxygens (including phenoxy) is 2. The molecule has 0 aromatic heterocycles. The fraction of sp³-hybridized carbons (Fsp3) is 0.391. The van der Waals surface area contributed by atoms with Gasteiger partial charge in [0, 0.05) is 18.3 Å². The summed E-state index contributed by atoms with van der Waals surface area (Å²) in [6.07, 6.45) is 0.0349. The van der Waals surface area contributed by atoms with E-state index in [9.17, 15) is 9.59 Å². The van der Waals surface area contributed by atoms with Crippen molar-refractivity contribution in [1.29, 1.82) is 0 Å². The molecular weight excluding hydrogens is 390 g/mol. The molecule has 0 spiro atoms. The molecule has 5 nitrogen and oxygen atoms in total. The van der Waals surface area contributed by atoms with Crippen molar-refractivity contribution >= 4 is 23.7 Å². The lowest BCUT2D eigenvalue weighted by atomic mass is 9.98. The van der Waals surface area contributed by atoms with Gasteiger partial charge in [-0.25, -0.2) is 9.59 Å². The lowest BCUT2D eigenvalue weighted by Gasteiger charge is -2.27. The number of alkyl halides is 1. The molecule has 0 aliphatic heterocycles. The van der Waals surface area contributed by atoms with Crippen LogP contribution >= 0.6 is 11.6 Å². The highest BCUT2D eigenvalue weighted by Gasteiger charge is 2.32. The number of carbonyl (C=O) groups excluding carboxylic acids is 2. The molecule has 0 N–H and O–H groups in total. The van der Waals surface area contributed by atoms with Gasteiger partial charge in [-0.05, 0) is 42.5 Å². The van der Waals surface area contributed by atoms with Gasteiger partial charge in [0.1, 0.15) is 12.6 Å². The Bertz CT molecular complexity index is 824. The van der Waals surface area contributed by atoms with Crippen LogP contribution in [-0.4, -0.2) is 48.6 Å². The first kappa shape index (κ1) is 21.2. The summed E-state index contributed by atoms with van der Waals surface area (Å²) in [5.74, 6) is -0.0856. The normalized spacial score (nSPS) is 13.3. The zero-order chi connectivity index (χ0) is 20.8. The highest BCUT2D eigenvalue weighted by atomic mass is 35.5. The number of esters is 1. The summed E-state index contributed by atoms with van der Waals surface area (Å²) in [7, 11) is 0. The van der Waals surface area contributed by atoms with E-state index in [0.29, 0.717) is 18.8 Å². The Labute approximate surface area is 176 Å². The third-order valence-electron chi connectivity index (χ3n) is 5.20. The molecule has 2 aromatic rings. The zero-order valence-corrected chi connectivity index (χ0v) is 17.5. The number of fused-ring (bicyclic) bond motifs is 3. The number of hydrogen-bond acceptors (Lipinski definition) is 4. The lowest BCUT2D eigenvalue weighted by molar-refractivity contribution is -0.148. The van der Waals surface area contributed by atoms with Crippen LogP contribution in [-0.2, 0) is 14.3 Å². The number of nitrogens with zero attached hydrogens (tertiary/aromatic N) is 1. The van der Waals surface area contributed by atoms with Gasteiger partial charge in [-0.3, -0.25) is 4.90 Å². The predicted octanol–water partition coefficient (Wildman–Crippen LogP) is 4.82. The fourth-order valence-corrected chi connectivity index (χ4v) is 3.86. The summed E-state index contributed by atoms with van der Waals surface area (Å²) < 4.78 is 10.7. The van der Waals surface area contributed by atoms with Crippen molar-refractivity contribution in [2.45, 2.75) is 32.2 Å². The highest BCUT2D eigenvalue weighted by molar-refractivity contribution is 6.17. The Hall–Kier alpha value is -2.53. The van der Waals surface area contributed by atoms with Gasteiger partial charge in [0.05, 0.1) is 6.61 Å². The number of hydrogen-bond donors (Lipinski definition) is 0. The van der Waals surface area contributed by atoms with E-state index in [1.807, 2.05) is 24.3 Å². The van der Waals surface area contributed by atoms with E-state index in [2.05, 4.69) is 24.3 Å². The molecule has 29 heavy (non-hydrogen) atoms. The van der Waals surface area contributed by atoms with Gasteiger partial charge >= 0.3 is 12.1 Å². The van der Waals surface area contributed by atoms with E-state index in [0.717, 1.165) is 11.1 Å². The van der Waals surface area contributed by atoms with Crippen molar-refractivity contribution in [3.63, 3.8) is 0 Å². The van der Waals surface area contributed by atoms with Crippen molar-refractivity contribution in [2.24, 2.45) is 0 Å². The van der Waals surface area contributed by atoms with Gasteiger partial charge in [-0.15, -0.1) is 11.6 Å². The van der Waals surface area contributed by atoms with Crippen LogP contribution in [0.25, 0.3) is 11.1 Å². The van der Waals surface area contributed by atoms with E-state index < -0.39 is 18.1 Å². The lowest BCUT2D eigenvalue weighted by Crippen LogP contribution is -2.45. The highest BCUT2D eigenvalue weighted by Crippen LogP contribution is 2.44. The smallest absolute Gasteiger partial charge is 0.410 e. The van der Waals surface area contributed by atoms with Gasteiger partial charge < -0.3 is 9.47 Å². The van der Waals surface area contributed by atoms with Crippen LogP contribution in [0.2, 0.25) is 0 Å². The number of carbonyl (C=O) groups is 2. The first-order chi connectivity index (χ1) is 14.1. The van der Waals surface area contributed by atoms with Crippen molar-refractivity contribution in [2.75, 3.05) is 25.6 Å². The first-order valence-corrected chi connectivity index (χ1v) is 10.5. The molecule has 154 valence electrons. The molecule has 0 unspecified atom stereocenters. The number of halogens is 1. The molecule has 2 aromatic carbocycles. The summed E-state index contributed by atoms with van der Waals surface area (Å²) in [6, 6.07) is 15.6. The Morgan fingerprint density at radius 2 is 1.62 bits per heavy atom. The van der Waals surface area contributed by atoms with Gasteiger partial charge in [0.15, 0.2) is 0 Å². The largest absolute Gasteiger partial charge is 0.464 e. The summed E-state index contributed by atoms with van der Waals surface area (Å²) >= 11 is 5.79. The van der Waals surface area contributed by atoms with Crippen molar-refractivity contribution in [1.82, 2.24) is 4.90 Å². The molecule has 3 rings (SSSR count). The molecule has 0 bridgehead atoms. The SMILES string of the molecule is CCOC(=O)[C@H](C)N(CCCCl)C(=O)OCC1c2ccccc2-c2ccccc21. The summed E-state index contributed by atoms with van der Waals surface area (Å²) in [5, 5.41) is 0. The Morgan fingerprint density at radius 3 is 2.17 bits per heavy atom. The second kappa shape index (κ2) is 9.79. The summed E-state index contributed by atoms with van der Waals surface area (Å²) in [4.78, 5) is 26.4.